The van der Waals surface area contributed by atoms with E-state index in [1.165, 1.54) is 24.1 Å². The van der Waals surface area contributed by atoms with Gasteiger partial charge in [0.1, 0.15) is 22.4 Å². The van der Waals surface area contributed by atoms with Crippen LogP contribution in [0.2, 0.25) is 0 Å². The highest BCUT2D eigenvalue weighted by Gasteiger charge is 2.36. The van der Waals surface area contributed by atoms with Crippen molar-refractivity contribution in [1.29, 1.82) is 0 Å². The molecule has 1 aliphatic rings. The number of nitrogen functional groups attached to an aromatic ring is 1. The number of phenolic OH excluding ortho intramolecular Hbond substituents is 1. The van der Waals surface area contributed by atoms with Crippen molar-refractivity contribution in [3.05, 3.63) is 64.7 Å². The lowest BCUT2D eigenvalue weighted by Gasteiger charge is -2.31. The minimum atomic E-state index is -1.18. The van der Waals surface area contributed by atoms with Gasteiger partial charge in [0, 0.05) is 24.9 Å². The summed E-state index contributed by atoms with van der Waals surface area (Å²) in [6, 6.07) is 11.4. The van der Waals surface area contributed by atoms with Gasteiger partial charge < -0.3 is 31.4 Å². The van der Waals surface area contributed by atoms with Gasteiger partial charge in [-0.2, -0.15) is 4.37 Å². The minimum absolute atomic E-state index is 0.000628. The Morgan fingerprint density at radius 2 is 2.03 bits per heavy atom. The third-order valence-electron chi connectivity index (χ3n) is 5.95. The summed E-state index contributed by atoms with van der Waals surface area (Å²) in [5, 5.41) is 12.7. The number of benzene rings is 2. The summed E-state index contributed by atoms with van der Waals surface area (Å²) in [5.41, 5.74) is 11.8. The van der Waals surface area contributed by atoms with Crippen LogP contribution in [0.4, 0.5) is 11.4 Å². The van der Waals surface area contributed by atoms with Gasteiger partial charge in [-0.1, -0.05) is 18.2 Å². The van der Waals surface area contributed by atoms with Crippen molar-refractivity contribution in [3.63, 3.8) is 0 Å². The topological polar surface area (TPSA) is 170 Å². The van der Waals surface area contributed by atoms with Gasteiger partial charge in [-0.05, 0) is 54.2 Å². The Labute approximate surface area is 217 Å². The number of ether oxygens (including phenoxy) is 2. The van der Waals surface area contributed by atoms with Gasteiger partial charge >= 0.3 is 0 Å². The first-order valence-corrected chi connectivity index (χ1v) is 12.3. The number of rotatable bonds is 9. The van der Waals surface area contributed by atoms with Gasteiger partial charge in [0.25, 0.3) is 11.8 Å². The molecular weight excluding hydrogens is 498 g/mol. The molecule has 1 aromatic heterocycles. The second kappa shape index (κ2) is 11.3. The predicted octanol–water partition coefficient (Wildman–Crippen LogP) is 2.22. The van der Waals surface area contributed by atoms with E-state index in [0.717, 1.165) is 12.8 Å². The van der Waals surface area contributed by atoms with Gasteiger partial charge in [0.2, 0.25) is 5.91 Å². The molecule has 0 unspecified atom stereocenters. The summed E-state index contributed by atoms with van der Waals surface area (Å²) < 4.78 is 14.9. The largest absolute Gasteiger partial charge is 0.508 e. The van der Waals surface area contributed by atoms with Crippen LogP contribution in [0.25, 0.3) is 0 Å². The molecule has 0 radical (unpaired) electrons. The molecule has 12 heteroatoms. The number of carbonyl (C=O) groups excluding carboxylic acids is 3. The van der Waals surface area contributed by atoms with E-state index >= 15 is 0 Å². The van der Waals surface area contributed by atoms with E-state index in [2.05, 4.69) is 9.69 Å². The second-order valence-electron chi connectivity index (χ2n) is 8.39. The Balaban J connectivity index is 1.82. The van der Waals surface area contributed by atoms with Crippen LogP contribution in [0.5, 0.6) is 11.5 Å². The Bertz CT molecular complexity index is 1290. The zero-order chi connectivity index (χ0) is 26.5. The van der Waals surface area contributed by atoms with E-state index in [-0.39, 0.29) is 34.7 Å². The van der Waals surface area contributed by atoms with Gasteiger partial charge in [0.15, 0.2) is 5.69 Å². The van der Waals surface area contributed by atoms with Crippen LogP contribution in [0.15, 0.2) is 48.5 Å². The number of hydrogen-bond donors (Lipinski definition) is 4. The third kappa shape index (κ3) is 5.65. The number of hydrogen-bond acceptors (Lipinski definition) is 9. The van der Waals surface area contributed by atoms with Crippen LogP contribution < -0.4 is 26.4 Å². The quantitative estimate of drug-likeness (QED) is 0.329. The molecule has 2 aromatic carbocycles. The summed E-state index contributed by atoms with van der Waals surface area (Å²) in [4.78, 5) is 40.7. The fourth-order valence-electron chi connectivity index (χ4n) is 4.07. The zero-order valence-corrected chi connectivity index (χ0v) is 20.9. The lowest BCUT2D eigenvalue weighted by Crippen LogP contribution is -2.45. The molecule has 3 aromatic rings. The Morgan fingerprint density at radius 1 is 1.27 bits per heavy atom. The molecule has 0 bridgehead atoms. The monoisotopic (exact) mass is 525 g/mol. The van der Waals surface area contributed by atoms with Crippen LogP contribution in [-0.2, 0) is 9.53 Å². The number of phenols is 1. The SMILES string of the molecule is COc1cccc(N(C(=O)c2snc(C(N)=O)c2N)[C@H](C(=O)NC[C@H]2CCCO2)c2ccc(O)cc2)c1. The predicted molar refractivity (Wildman–Crippen MR) is 138 cm³/mol. The number of methoxy groups -OCH3 is 1. The van der Waals surface area contributed by atoms with Crippen LogP contribution in [0.1, 0.15) is 44.6 Å². The van der Waals surface area contributed by atoms with Crippen LogP contribution in [0, 0.1) is 0 Å². The van der Waals surface area contributed by atoms with Crippen molar-refractivity contribution in [2.75, 3.05) is 30.9 Å². The molecule has 2 atom stereocenters. The van der Waals surface area contributed by atoms with Crippen molar-refractivity contribution in [3.8, 4) is 11.5 Å². The maximum atomic E-state index is 14.0. The average Bonchev–Trinajstić information content (AvgIpc) is 3.56. The molecule has 1 fully saturated rings. The van der Waals surface area contributed by atoms with Crippen molar-refractivity contribution in [2.24, 2.45) is 5.73 Å². The smallest absolute Gasteiger partial charge is 0.273 e. The molecule has 3 amide bonds. The number of carbonyl (C=O) groups is 3. The number of anilines is 2. The second-order valence-corrected chi connectivity index (χ2v) is 9.16. The first-order valence-electron chi connectivity index (χ1n) is 11.5. The number of aromatic nitrogens is 1. The molecule has 194 valence electrons. The Morgan fingerprint density at radius 3 is 2.65 bits per heavy atom. The highest BCUT2D eigenvalue weighted by molar-refractivity contribution is 7.09. The van der Waals surface area contributed by atoms with Gasteiger partial charge in [-0.15, -0.1) is 0 Å². The standard InChI is InChI=1S/C25H27N5O6S/c1-35-17-5-2-4-15(12-17)30(25(34)22-19(26)20(23(27)32)29-37-22)21(14-7-9-16(31)10-8-14)24(33)28-13-18-6-3-11-36-18/h2,4-5,7-10,12,18,21,31H,3,6,11,13,26H2,1H3,(H2,27,32)(H,28,33)/t18-,21+/m1/s1. The normalized spacial score (nSPS) is 15.6. The van der Waals surface area contributed by atoms with Crippen molar-refractivity contribution in [2.45, 2.75) is 25.0 Å². The van der Waals surface area contributed by atoms with Gasteiger partial charge in [-0.3, -0.25) is 19.3 Å². The van der Waals surface area contributed by atoms with E-state index in [9.17, 15) is 19.5 Å². The first-order chi connectivity index (χ1) is 17.8. The van der Waals surface area contributed by atoms with Crippen LogP contribution >= 0.6 is 11.5 Å². The van der Waals surface area contributed by atoms with E-state index in [0.29, 0.717) is 35.1 Å². The van der Waals surface area contributed by atoms with E-state index in [4.69, 9.17) is 20.9 Å². The van der Waals surface area contributed by atoms with Crippen molar-refractivity contribution in [1.82, 2.24) is 9.69 Å². The summed E-state index contributed by atoms with van der Waals surface area (Å²) >= 11 is 0.716. The summed E-state index contributed by atoms with van der Waals surface area (Å²) in [6.07, 6.45) is 1.60. The maximum absolute atomic E-state index is 14.0. The fourth-order valence-corrected chi connectivity index (χ4v) is 4.82. The molecule has 1 aliphatic heterocycles. The molecule has 2 heterocycles. The maximum Gasteiger partial charge on any atom is 0.273 e. The van der Waals surface area contributed by atoms with E-state index < -0.39 is 23.8 Å². The summed E-state index contributed by atoms with van der Waals surface area (Å²) in [5.74, 6) is -1.56. The van der Waals surface area contributed by atoms with Crippen molar-refractivity contribution < 1.29 is 29.0 Å². The van der Waals surface area contributed by atoms with E-state index in [1.54, 1.807) is 36.4 Å². The minimum Gasteiger partial charge on any atom is -0.508 e. The molecule has 0 spiro atoms. The molecule has 37 heavy (non-hydrogen) atoms. The highest BCUT2D eigenvalue weighted by atomic mass is 32.1. The molecule has 1 saturated heterocycles. The molecule has 0 aliphatic carbocycles. The van der Waals surface area contributed by atoms with E-state index in [1.807, 2.05) is 0 Å². The van der Waals surface area contributed by atoms with Crippen LogP contribution in [-0.4, -0.2) is 53.6 Å². The van der Waals surface area contributed by atoms with Crippen LogP contribution in [0.3, 0.4) is 0 Å². The number of nitrogens with one attached hydrogen (secondary N) is 1. The molecule has 11 nitrogen and oxygen atoms in total. The Kier molecular flexibility index (Phi) is 7.89. The number of amides is 3. The Hall–Kier alpha value is -4.16. The molecular formula is C25H27N5O6S. The molecule has 4 rings (SSSR count). The summed E-state index contributed by atoms with van der Waals surface area (Å²) in [6.45, 7) is 0.894. The van der Waals surface area contributed by atoms with Gasteiger partial charge in [0.05, 0.1) is 18.9 Å². The van der Waals surface area contributed by atoms with Crippen molar-refractivity contribution >= 4 is 40.6 Å². The highest BCUT2D eigenvalue weighted by Crippen LogP contribution is 2.35. The first kappa shape index (κ1) is 25.9. The number of nitrogens with zero attached hydrogens (tertiary/aromatic N) is 2. The number of nitrogens with two attached hydrogens (primary N) is 2. The lowest BCUT2D eigenvalue weighted by molar-refractivity contribution is -0.123. The zero-order valence-electron chi connectivity index (χ0n) is 20.0. The molecule has 0 saturated carbocycles. The average molecular weight is 526 g/mol. The lowest BCUT2D eigenvalue weighted by atomic mass is 10.0. The third-order valence-corrected chi connectivity index (χ3v) is 6.80. The van der Waals surface area contributed by atoms with Gasteiger partial charge in [-0.25, -0.2) is 0 Å². The number of aromatic hydroxyl groups is 1. The summed E-state index contributed by atoms with van der Waals surface area (Å²) in [7, 11) is 1.48. The number of primary amides is 1. The fraction of sp³-hybridized carbons (Fsp3) is 0.280. The molecule has 6 N–H and O–H groups in total.